The van der Waals surface area contributed by atoms with Crippen LogP contribution < -0.4 is 16.5 Å². The van der Waals surface area contributed by atoms with Crippen molar-refractivity contribution in [3.8, 4) is 0 Å². The number of hydrogen-bond acceptors (Lipinski definition) is 5. The van der Waals surface area contributed by atoms with Crippen LogP contribution in [-0.4, -0.2) is 29.7 Å². The predicted molar refractivity (Wildman–Crippen MR) is 50.4 cm³/mol. The summed E-state index contributed by atoms with van der Waals surface area (Å²) in [4.78, 5) is 0. The average molecular weight is 239 g/mol. The number of nitrogens with zero attached hydrogens (tertiary/aromatic N) is 1. The molecule has 8 heteroatoms. The summed E-state index contributed by atoms with van der Waals surface area (Å²) in [5.41, 5.74) is 7.79. The summed E-state index contributed by atoms with van der Waals surface area (Å²) in [6.07, 6.45) is -4.70. The van der Waals surface area contributed by atoms with E-state index in [0.717, 1.165) is 0 Å². The predicted octanol–water partition coefficient (Wildman–Crippen LogP) is 0.236. The summed E-state index contributed by atoms with van der Waals surface area (Å²) in [6, 6.07) is -0.951. The van der Waals surface area contributed by atoms with Crippen LogP contribution in [0.4, 0.5) is 13.2 Å². The molecule has 1 aliphatic carbocycles. The fourth-order valence-corrected chi connectivity index (χ4v) is 2.40. The van der Waals surface area contributed by atoms with Gasteiger partial charge < -0.3 is 16.1 Å². The first-order valence-corrected chi connectivity index (χ1v) is 5.19. The van der Waals surface area contributed by atoms with E-state index in [1.165, 1.54) is 0 Å². The number of nitrogens with one attached hydrogen (secondary N) is 2. The molecule has 1 aliphatic heterocycles. The molecule has 0 spiro atoms. The fourth-order valence-electron chi connectivity index (χ4n) is 2.40. The lowest BCUT2D eigenvalue weighted by atomic mass is 9.81. The van der Waals surface area contributed by atoms with E-state index in [0.29, 0.717) is 11.6 Å². The van der Waals surface area contributed by atoms with Crippen LogP contribution >= 0.6 is 0 Å². The Morgan fingerprint density at radius 1 is 1.31 bits per heavy atom. The smallest absolute Gasteiger partial charge is 0.391 e. The summed E-state index contributed by atoms with van der Waals surface area (Å²) in [7, 11) is 0. The summed E-state index contributed by atoms with van der Waals surface area (Å²) >= 11 is 0. The molecule has 4 N–H and O–H groups in total. The van der Waals surface area contributed by atoms with Crippen LogP contribution in [0.15, 0.2) is 0 Å². The monoisotopic (exact) mass is 239 g/mol. The molecule has 2 fully saturated rings. The minimum absolute atomic E-state index is 0.0538. The molecule has 0 bridgehead atoms. The van der Waals surface area contributed by atoms with Gasteiger partial charge in [-0.3, -0.25) is 5.32 Å². The maximum absolute atomic E-state index is 12.5. The first-order valence-electron chi connectivity index (χ1n) is 5.19. The highest BCUT2D eigenvalue weighted by atomic mass is 19.4. The van der Waals surface area contributed by atoms with Crippen LogP contribution in [0.25, 0.3) is 0 Å². The van der Waals surface area contributed by atoms with Crippen LogP contribution in [0.3, 0.4) is 0 Å². The van der Waals surface area contributed by atoms with E-state index in [2.05, 4.69) is 10.7 Å². The molecular weight excluding hydrogens is 225 g/mol. The van der Waals surface area contributed by atoms with E-state index in [-0.39, 0.29) is 18.9 Å². The number of nitrogens with two attached hydrogens (primary N) is 1. The van der Waals surface area contributed by atoms with E-state index in [1.807, 2.05) is 0 Å². The molecule has 4 unspecified atom stereocenters. The van der Waals surface area contributed by atoms with Gasteiger partial charge in [-0.15, -0.1) is 0 Å². The van der Waals surface area contributed by atoms with E-state index >= 15 is 0 Å². The Labute approximate surface area is 90.7 Å². The second-order valence-corrected chi connectivity index (χ2v) is 4.32. The highest BCUT2D eigenvalue weighted by Gasteiger charge is 2.46. The molecule has 2 aliphatic rings. The molecule has 2 rings (SSSR count). The molecule has 1 heterocycles. The lowest BCUT2D eigenvalue weighted by molar-refractivity contribution is -0.190. The van der Waals surface area contributed by atoms with Gasteiger partial charge in [0.1, 0.15) is 6.29 Å². The van der Waals surface area contributed by atoms with Crippen molar-refractivity contribution < 1.29 is 13.2 Å². The highest BCUT2D eigenvalue weighted by molar-refractivity contribution is 4.95. The van der Waals surface area contributed by atoms with E-state index in [4.69, 9.17) is 5.73 Å². The van der Waals surface area contributed by atoms with Gasteiger partial charge in [0.25, 0.3) is 0 Å². The first-order chi connectivity index (χ1) is 7.38. The van der Waals surface area contributed by atoms with Crippen LogP contribution in [0, 0.1) is 11.1 Å². The third kappa shape index (κ3) is 2.30. The first kappa shape index (κ1) is 12.1. The second kappa shape index (κ2) is 4.11. The molecular formula is C8H14F3N4O-. The molecule has 5 nitrogen and oxygen atoms in total. The Hall–Kier alpha value is -0.410. The maximum atomic E-state index is 12.5. The van der Waals surface area contributed by atoms with E-state index < -0.39 is 24.4 Å². The van der Waals surface area contributed by atoms with Crippen LogP contribution in [-0.2, 0) is 0 Å². The Bertz CT molecular complexity index is 262. The van der Waals surface area contributed by atoms with Crippen molar-refractivity contribution in [2.45, 2.75) is 43.8 Å². The quantitative estimate of drug-likeness (QED) is 0.564. The Balaban J connectivity index is 2.03. The molecule has 0 radical (unpaired) electrons. The highest BCUT2D eigenvalue weighted by Crippen LogP contribution is 2.39. The van der Waals surface area contributed by atoms with Gasteiger partial charge >= 0.3 is 6.18 Å². The summed E-state index contributed by atoms with van der Waals surface area (Å²) in [5.74, 6) is -1.39. The third-order valence-electron chi connectivity index (χ3n) is 3.24. The number of hydroxylamine groups is 1. The molecule has 1 saturated carbocycles. The molecule has 1 saturated heterocycles. The second-order valence-electron chi connectivity index (χ2n) is 4.32. The van der Waals surface area contributed by atoms with E-state index in [1.54, 1.807) is 0 Å². The standard InChI is InChI=1S/C8H14F3N4O/c9-8(10,11)4-1-2-5-6(3-4)15(16)14-7(12)13-5/h4-7,13-14H,1-3,12H2/q-1. The van der Waals surface area contributed by atoms with Gasteiger partial charge in [0, 0.05) is 12.1 Å². The Kier molecular flexibility index (Phi) is 3.10. The molecule has 4 atom stereocenters. The van der Waals surface area contributed by atoms with Gasteiger partial charge in [-0.25, -0.2) is 5.43 Å². The SMILES string of the molecule is NC1NC2CCC(C(F)(F)F)CC2N([O-])N1. The zero-order valence-electron chi connectivity index (χ0n) is 8.50. The fraction of sp³-hybridized carbons (Fsp3) is 1.00. The maximum Gasteiger partial charge on any atom is 0.391 e. The number of hydrazine groups is 1. The lowest BCUT2D eigenvalue weighted by Crippen LogP contribution is -2.71. The van der Waals surface area contributed by atoms with Gasteiger partial charge in [-0.05, 0) is 19.3 Å². The number of rotatable bonds is 0. The van der Waals surface area contributed by atoms with Crippen molar-refractivity contribution >= 4 is 0 Å². The van der Waals surface area contributed by atoms with Gasteiger partial charge in [-0.1, -0.05) is 0 Å². The molecule has 0 aromatic heterocycles. The van der Waals surface area contributed by atoms with Crippen LogP contribution in [0.5, 0.6) is 0 Å². The summed E-state index contributed by atoms with van der Waals surface area (Å²) < 4.78 is 37.6. The summed E-state index contributed by atoms with van der Waals surface area (Å²) in [6.45, 7) is 0. The van der Waals surface area contributed by atoms with Crippen LogP contribution in [0.2, 0.25) is 0 Å². The average Bonchev–Trinajstić information content (AvgIpc) is 2.15. The lowest BCUT2D eigenvalue weighted by Gasteiger charge is -2.52. The van der Waals surface area contributed by atoms with Crippen molar-refractivity contribution in [2.75, 3.05) is 0 Å². The molecule has 0 aromatic rings. The third-order valence-corrected chi connectivity index (χ3v) is 3.24. The van der Waals surface area contributed by atoms with Crippen molar-refractivity contribution in [1.29, 1.82) is 0 Å². The van der Waals surface area contributed by atoms with E-state index in [9.17, 15) is 18.4 Å². The zero-order valence-corrected chi connectivity index (χ0v) is 8.50. The number of alkyl halides is 3. The molecule has 0 amide bonds. The van der Waals surface area contributed by atoms with Crippen molar-refractivity contribution in [2.24, 2.45) is 11.7 Å². The van der Waals surface area contributed by atoms with Crippen molar-refractivity contribution in [3.63, 3.8) is 0 Å². The number of halogens is 3. The Morgan fingerprint density at radius 2 is 2.00 bits per heavy atom. The topological polar surface area (TPSA) is 76.4 Å². The number of hydrogen-bond donors (Lipinski definition) is 3. The summed E-state index contributed by atoms with van der Waals surface area (Å²) in [5, 5.41) is 14.8. The van der Waals surface area contributed by atoms with Crippen molar-refractivity contribution in [1.82, 2.24) is 15.9 Å². The zero-order chi connectivity index (χ0) is 11.9. The van der Waals surface area contributed by atoms with Gasteiger partial charge in [0.2, 0.25) is 0 Å². The van der Waals surface area contributed by atoms with Gasteiger partial charge in [-0.2, -0.15) is 13.2 Å². The minimum Gasteiger partial charge on any atom is -0.771 e. The van der Waals surface area contributed by atoms with Crippen molar-refractivity contribution in [3.05, 3.63) is 5.21 Å². The molecule has 0 aromatic carbocycles. The normalized spacial score (nSPS) is 41.8. The van der Waals surface area contributed by atoms with Gasteiger partial charge in [0.15, 0.2) is 0 Å². The van der Waals surface area contributed by atoms with Crippen LogP contribution in [0.1, 0.15) is 19.3 Å². The molecule has 94 valence electrons. The largest absolute Gasteiger partial charge is 0.771 e. The molecule has 16 heavy (non-hydrogen) atoms. The minimum atomic E-state index is -4.22. The Morgan fingerprint density at radius 3 is 2.62 bits per heavy atom. The van der Waals surface area contributed by atoms with Gasteiger partial charge in [0.05, 0.1) is 5.92 Å². The number of fused-ring (bicyclic) bond motifs is 1.